The molecule has 0 unspecified atom stereocenters. The smallest absolute Gasteiger partial charge is 0.150 e. The monoisotopic (exact) mass is 163 g/mol. The summed E-state index contributed by atoms with van der Waals surface area (Å²) in [5, 5.41) is 0.653. The van der Waals surface area contributed by atoms with E-state index in [0.717, 1.165) is 6.29 Å². The maximum Gasteiger partial charge on any atom is 0.150 e. The second-order valence-electron chi connectivity index (χ2n) is 1.67. The normalized spacial score (nSPS) is 8.10. The van der Waals surface area contributed by atoms with Crippen molar-refractivity contribution in [2.45, 2.75) is 0 Å². The van der Waals surface area contributed by atoms with Crippen molar-refractivity contribution in [1.82, 2.24) is 0 Å². The van der Waals surface area contributed by atoms with Crippen molar-refractivity contribution in [2.24, 2.45) is 0 Å². The van der Waals surface area contributed by atoms with Gasteiger partial charge in [0, 0.05) is 40.1 Å². The van der Waals surface area contributed by atoms with Crippen molar-refractivity contribution >= 4 is 47.4 Å². The molecule has 0 atom stereocenters. The van der Waals surface area contributed by atoms with E-state index in [9.17, 15) is 4.79 Å². The number of benzene rings is 1. The van der Waals surface area contributed by atoms with Crippen LogP contribution in [0, 0.1) is 0 Å². The quantitative estimate of drug-likeness (QED) is 0.456. The minimum atomic E-state index is 0. The van der Waals surface area contributed by atoms with Crippen molar-refractivity contribution in [3.63, 3.8) is 0 Å². The first-order valence-corrected chi connectivity index (χ1v) is 2.91. The van der Waals surface area contributed by atoms with Gasteiger partial charge in [-0.1, -0.05) is 23.7 Å². The average Bonchev–Trinajstić information content (AvgIpc) is 1.90. The van der Waals surface area contributed by atoms with Gasteiger partial charge >= 0.3 is 0 Å². The van der Waals surface area contributed by atoms with Gasteiger partial charge in [0.2, 0.25) is 0 Å². The molecule has 3 heteroatoms. The summed E-state index contributed by atoms with van der Waals surface area (Å²) in [6.45, 7) is 0. The van der Waals surface area contributed by atoms with Crippen LogP contribution in [0.4, 0.5) is 0 Å². The number of rotatable bonds is 1. The molecular weight excluding hydrogens is 159 g/mol. The number of halogens is 1. The van der Waals surface area contributed by atoms with E-state index >= 15 is 0 Å². The number of aldehydes is 1. The van der Waals surface area contributed by atoms with Crippen LogP contribution < -0.4 is 0 Å². The summed E-state index contributed by atoms with van der Waals surface area (Å²) >= 11 is 5.55. The molecule has 1 aromatic rings. The van der Waals surface area contributed by atoms with E-state index in [0.29, 0.717) is 10.6 Å². The zero-order valence-corrected chi connectivity index (χ0v) is 8.43. The summed E-state index contributed by atoms with van der Waals surface area (Å²) < 4.78 is 0. The largest absolute Gasteiger partial charge is 0.298 e. The molecule has 1 nitrogen and oxygen atoms in total. The Labute approximate surface area is 86.7 Å². The summed E-state index contributed by atoms with van der Waals surface area (Å²) in [6.07, 6.45) is 0.788. The molecule has 0 aliphatic rings. The molecule has 0 aliphatic carbocycles. The van der Waals surface area contributed by atoms with Gasteiger partial charge in [0.15, 0.2) is 0 Å². The third-order valence-electron chi connectivity index (χ3n) is 1.01. The first kappa shape index (κ1) is 10.2. The summed E-state index contributed by atoms with van der Waals surface area (Å²) in [4.78, 5) is 10.1. The molecule has 0 heterocycles. The molecule has 1 rings (SSSR count). The predicted octanol–water partition coefficient (Wildman–Crippen LogP) is 1.77. The predicted molar refractivity (Wildman–Crippen MR) is 42.6 cm³/mol. The van der Waals surface area contributed by atoms with E-state index in [1.807, 2.05) is 0 Å². The molecule has 1 radical (unpaired) electrons. The molecule has 0 fully saturated rings. The molecule has 0 aromatic heterocycles. The van der Waals surface area contributed by atoms with Crippen LogP contribution in [0.15, 0.2) is 24.3 Å². The molecular formula is C7H5ClNaO. The van der Waals surface area contributed by atoms with Gasteiger partial charge < -0.3 is 0 Å². The van der Waals surface area contributed by atoms with E-state index in [4.69, 9.17) is 11.6 Å². The molecule has 0 aliphatic heterocycles. The van der Waals surface area contributed by atoms with Gasteiger partial charge in [0.05, 0.1) is 0 Å². The Morgan fingerprint density at radius 3 is 2.10 bits per heavy atom. The van der Waals surface area contributed by atoms with Gasteiger partial charge in [-0.3, -0.25) is 4.79 Å². The first-order chi connectivity index (χ1) is 4.33. The minimum absolute atomic E-state index is 0. The fourth-order valence-electron chi connectivity index (χ4n) is 0.541. The first-order valence-electron chi connectivity index (χ1n) is 2.53. The van der Waals surface area contributed by atoms with Crippen LogP contribution in [-0.4, -0.2) is 35.8 Å². The molecule has 10 heavy (non-hydrogen) atoms. The Morgan fingerprint density at radius 1 is 1.20 bits per heavy atom. The molecule has 0 saturated carbocycles. The minimum Gasteiger partial charge on any atom is -0.298 e. The third kappa shape index (κ3) is 2.84. The molecule has 0 bridgehead atoms. The van der Waals surface area contributed by atoms with Gasteiger partial charge in [-0.05, 0) is 12.1 Å². The SMILES string of the molecule is O=Cc1ccc(Cl)cc1.[Na]. The fraction of sp³-hybridized carbons (Fsp3) is 0. The van der Waals surface area contributed by atoms with Crippen molar-refractivity contribution in [1.29, 1.82) is 0 Å². The summed E-state index contributed by atoms with van der Waals surface area (Å²) in [7, 11) is 0. The zero-order chi connectivity index (χ0) is 6.69. The van der Waals surface area contributed by atoms with E-state index in [1.165, 1.54) is 0 Å². The van der Waals surface area contributed by atoms with Gasteiger partial charge in [0.1, 0.15) is 6.29 Å². The molecule has 1 aromatic carbocycles. The van der Waals surface area contributed by atoms with Crippen molar-refractivity contribution in [3.05, 3.63) is 34.9 Å². The topological polar surface area (TPSA) is 17.1 Å². The molecule has 47 valence electrons. The van der Waals surface area contributed by atoms with E-state index < -0.39 is 0 Å². The summed E-state index contributed by atoms with van der Waals surface area (Å²) in [5.74, 6) is 0. The number of carbonyl (C=O) groups excluding carboxylic acids is 1. The zero-order valence-electron chi connectivity index (χ0n) is 5.67. The maximum atomic E-state index is 10.1. The number of hydrogen-bond donors (Lipinski definition) is 0. The fourth-order valence-corrected chi connectivity index (χ4v) is 0.667. The Morgan fingerprint density at radius 2 is 1.70 bits per heavy atom. The van der Waals surface area contributed by atoms with Gasteiger partial charge in [-0.25, -0.2) is 0 Å². The molecule has 0 N–H and O–H groups in total. The van der Waals surface area contributed by atoms with Crippen LogP contribution in [-0.2, 0) is 0 Å². The number of carbonyl (C=O) groups is 1. The van der Waals surface area contributed by atoms with Crippen LogP contribution >= 0.6 is 11.6 Å². The van der Waals surface area contributed by atoms with Gasteiger partial charge in [0.25, 0.3) is 0 Å². The third-order valence-corrected chi connectivity index (χ3v) is 1.26. The second-order valence-corrected chi connectivity index (χ2v) is 2.11. The van der Waals surface area contributed by atoms with Crippen LogP contribution in [0.3, 0.4) is 0 Å². The average molecular weight is 164 g/mol. The van der Waals surface area contributed by atoms with Crippen molar-refractivity contribution < 1.29 is 4.79 Å². The Hall–Kier alpha value is 0.180. The maximum absolute atomic E-state index is 10.1. The van der Waals surface area contributed by atoms with Crippen LogP contribution in [0.2, 0.25) is 5.02 Å². The van der Waals surface area contributed by atoms with Gasteiger partial charge in [-0.15, -0.1) is 0 Å². The number of hydrogen-bond acceptors (Lipinski definition) is 1. The van der Waals surface area contributed by atoms with Crippen LogP contribution in [0.1, 0.15) is 10.4 Å². The standard InChI is InChI=1S/C7H5ClO.Na/c8-7-3-1-6(5-9)2-4-7;/h1-5H;. The summed E-state index contributed by atoms with van der Waals surface area (Å²) in [6, 6.07) is 6.72. The molecule has 0 saturated heterocycles. The summed E-state index contributed by atoms with van der Waals surface area (Å²) in [5.41, 5.74) is 0.652. The van der Waals surface area contributed by atoms with Crippen LogP contribution in [0.25, 0.3) is 0 Å². The van der Waals surface area contributed by atoms with Gasteiger partial charge in [-0.2, -0.15) is 0 Å². The molecule has 0 spiro atoms. The van der Waals surface area contributed by atoms with Crippen molar-refractivity contribution in [2.75, 3.05) is 0 Å². The molecule has 0 amide bonds. The Balaban J connectivity index is 0.000000810. The second kappa shape index (κ2) is 4.91. The van der Waals surface area contributed by atoms with E-state index in [-0.39, 0.29) is 29.6 Å². The Bertz CT molecular complexity index is 207. The van der Waals surface area contributed by atoms with Crippen molar-refractivity contribution in [3.8, 4) is 0 Å². The van der Waals surface area contributed by atoms with Crippen LogP contribution in [0.5, 0.6) is 0 Å². The van der Waals surface area contributed by atoms with E-state index in [1.54, 1.807) is 24.3 Å². The van der Waals surface area contributed by atoms with E-state index in [2.05, 4.69) is 0 Å². The Kier molecular flexibility index (Phi) is 5.00.